The lowest BCUT2D eigenvalue weighted by Crippen LogP contribution is -2.10. The minimum absolute atomic E-state index is 0.498. The normalized spacial score (nSPS) is 11.5. The molecule has 0 aliphatic heterocycles. The molecule has 2 rings (SSSR count). The number of hydrogen-bond donors (Lipinski definition) is 1. The maximum atomic E-state index is 4.84. The molecule has 0 saturated carbocycles. The minimum atomic E-state index is 0.498. The first-order chi connectivity index (χ1) is 7.70. The third-order valence-corrected chi connectivity index (χ3v) is 3.70. The summed E-state index contributed by atoms with van der Waals surface area (Å²) < 4.78 is 1.25. The van der Waals surface area contributed by atoms with Crippen LogP contribution in [-0.4, -0.2) is 12.1 Å². The van der Waals surface area contributed by atoms with Crippen molar-refractivity contribution in [1.29, 1.82) is 0 Å². The molecule has 86 valence electrons. The molecule has 0 saturated heterocycles. The molecule has 0 fully saturated rings. The first kappa shape index (κ1) is 11.5. The molecule has 1 aromatic heterocycles. The zero-order valence-electron chi connectivity index (χ0n) is 9.78. The lowest BCUT2D eigenvalue weighted by molar-refractivity contribution is 0.0867. The fourth-order valence-electron chi connectivity index (χ4n) is 1.50. The van der Waals surface area contributed by atoms with Gasteiger partial charge in [0.15, 0.2) is 0 Å². The third-order valence-electron chi connectivity index (χ3n) is 2.38. The van der Waals surface area contributed by atoms with E-state index in [-0.39, 0.29) is 0 Å². The van der Waals surface area contributed by atoms with Crippen LogP contribution < -0.4 is 5.48 Å². The van der Waals surface area contributed by atoms with Gasteiger partial charge in [0.05, 0.1) is 22.3 Å². The van der Waals surface area contributed by atoms with Crippen molar-refractivity contribution >= 4 is 21.6 Å². The molecule has 0 unspecified atom stereocenters. The van der Waals surface area contributed by atoms with Crippen LogP contribution in [-0.2, 0) is 11.4 Å². The Labute approximate surface area is 99.4 Å². The molecule has 0 atom stereocenters. The van der Waals surface area contributed by atoms with Gasteiger partial charge < -0.3 is 4.84 Å². The molecule has 3 nitrogen and oxygen atoms in total. The number of hydrogen-bond acceptors (Lipinski definition) is 4. The van der Waals surface area contributed by atoms with Crippen LogP contribution in [0.1, 0.15) is 30.3 Å². The highest BCUT2D eigenvalue weighted by atomic mass is 32.1. The molecular weight excluding hydrogens is 220 g/mol. The summed E-state index contributed by atoms with van der Waals surface area (Å²) in [6.07, 6.45) is 0. The van der Waals surface area contributed by atoms with Crippen molar-refractivity contribution in [2.45, 2.75) is 26.3 Å². The standard InChI is InChI=1S/C12H16N2OS/c1-8(2)12-14-10-5-4-9(7-13-15-3)6-11(10)16-12/h4-6,8,13H,7H2,1-3H3. The van der Waals surface area contributed by atoms with Crippen LogP contribution in [0.4, 0.5) is 0 Å². The van der Waals surface area contributed by atoms with E-state index in [9.17, 15) is 0 Å². The summed E-state index contributed by atoms with van der Waals surface area (Å²) in [5, 5.41) is 1.20. The summed E-state index contributed by atoms with van der Waals surface area (Å²) in [7, 11) is 1.63. The zero-order valence-corrected chi connectivity index (χ0v) is 10.6. The van der Waals surface area contributed by atoms with Gasteiger partial charge in [0, 0.05) is 12.5 Å². The van der Waals surface area contributed by atoms with Crippen molar-refractivity contribution in [1.82, 2.24) is 10.5 Å². The molecule has 0 spiro atoms. The van der Waals surface area contributed by atoms with E-state index in [1.165, 1.54) is 15.3 Å². The Bertz CT molecular complexity index is 479. The molecule has 1 heterocycles. The molecule has 0 aliphatic carbocycles. The molecule has 0 radical (unpaired) electrons. The van der Waals surface area contributed by atoms with Crippen LogP contribution in [0.2, 0.25) is 0 Å². The zero-order chi connectivity index (χ0) is 11.5. The van der Waals surface area contributed by atoms with E-state index in [1.54, 1.807) is 18.4 Å². The Kier molecular flexibility index (Phi) is 3.53. The molecule has 0 aliphatic rings. The van der Waals surface area contributed by atoms with Crippen molar-refractivity contribution < 1.29 is 4.84 Å². The predicted octanol–water partition coefficient (Wildman–Crippen LogP) is 3.07. The molecule has 0 bridgehead atoms. The Morgan fingerprint density at radius 3 is 2.94 bits per heavy atom. The minimum Gasteiger partial charge on any atom is -0.305 e. The average Bonchev–Trinajstić information content (AvgIpc) is 2.69. The Morgan fingerprint density at radius 1 is 1.44 bits per heavy atom. The van der Waals surface area contributed by atoms with Crippen LogP contribution in [0.3, 0.4) is 0 Å². The van der Waals surface area contributed by atoms with Gasteiger partial charge in [0.25, 0.3) is 0 Å². The van der Waals surface area contributed by atoms with Crippen LogP contribution in [0.5, 0.6) is 0 Å². The number of hydroxylamine groups is 1. The van der Waals surface area contributed by atoms with Gasteiger partial charge >= 0.3 is 0 Å². The van der Waals surface area contributed by atoms with Crippen molar-refractivity contribution in [2.24, 2.45) is 0 Å². The van der Waals surface area contributed by atoms with Crippen molar-refractivity contribution in [3.63, 3.8) is 0 Å². The number of benzene rings is 1. The third kappa shape index (κ3) is 2.40. The van der Waals surface area contributed by atoms with Gasteiger partial charge in [0.2, 0.25) is 0 Å². The van der Waals surface area contributed by atoms with E-state index in [0.717, 1.165) is 12.1 Å². The SMILES string of the molecule is CONCc1ccc2nc(C(C)C)sc2c1. The largest absolute Gasteiger partial charge is 0.305 e. The topological polar surface area (TPSA) is 34.1 Å². The highest BCUT2D eigenvalue weighted by Crippen LogP contribution is 2.27. The molecule has 2 aromatic rings. The molecule has 16 heavy (non-hydrogen) atoms. The lowest BCUT2D eigenvalue weighted by atomic mass is 10.2. The van der Waals surface area contributed by atoms with Crippen molar-refractivity contribution in [3.05, 3.63) is 28.8 Å². The second-order valence-corrected chi connectivity index (χ2v) is 5.10. The van der Waals surface area contributed by atoms with Gasteiger partial charge in [-0.05, 0) is 17.7 Å². The maximum Gasteiger partial charge on any atom is 0.0963 e. The van der Waals surface area contributed by atoms with Gasteiger partial charge in [-0.2, -0.15) is 5.48 Å². The van der Waals surface area contributed by atoms with Crippen LogP contribution >= 0.6 is 11.3 Å². The van der Waals surface area contributed by atoms with Crippen LogP contribution in [0, 0.1) is 0 Å². The van der Waals surface area contributed by atoms with E-state index in [2.05, 4.69) is 42.5 Å². The van der Waals surface area contributed by atoms with Gasteiger partial charge in [0.1, 0.15) is 0 Å². The van der Waals surface area contributed by atoms with Gasteiger partial charge in [-0.3, -0.25) is 0 Å². The molecule has 4 heteroatoms. The molecule has 1 aromatic carbocycles. The summed E-state index contributed by atoms with van der Waals surface area (Å²) in [6, 6.07) is 6.33. The predicted molar refractivity (Wildman–Crippen MR) is 67.6 cm³/mol. The number of nitrogens with one attached hydrogen (secondary N) is 1. The lowest BCUT2D eigenvalue weighted by Gasteiger charge is -2.00. The van der Waals surface area contributed by atoms with Crippen LogP contribution in [0.25, 0.3) is 10.2 Å². The van der Waals surface area contributed by atoms with E-state index in [1.807, 2.05) is 0 Å². The van der Waals surface area contributed by atoms with E-state index in [4.69, 9.17) is 4.84 Å². The first-order valence-corrected chi connectivity index (χ1v) is 6.17. The highest BCUT2D eigenvalue weighted by Gasteiger charge is 2.07. The van der Waals surface area contributed by atoms with E-state index < -0.39 is 0 Å². The fourth-order valence-corrected chi connectivity index (χ4v) is 2.53. The molecular formula is C12H16N2OS. The number of rotatable bonds is 4. The summed E-state index contributed by atoms with van der Waals surface area (Å²) in [6.45, 7) is 5.07. The van der Waals surface area contributed by atoms with E-state index in [0.29, 0.717) is 5.92 Å². The summed E-state index contributed by atoms with van der Waals surface area (Å²) >= 11 is 1.77. The first-order valence-electron chi connectivity index (χ1n) is 5.36. The Hall–Kier alpha value is -0.970. The fraction of sp³-hybridized carbons (Fsp3) is 0.417. The Morgan fingerprint density at radius 2 is 2.25 bits per heavy atom. The second kappa shape index (κ2) is 4.91. The van der Waals surface area contributed by atoms with Gasteiger partial charge in [-0.15, -0.1) is 11.3 Å². The maximum absolute atomic E-state index is 4.84. The number of fused-ring (bicyclic) bond motifs is 1. The molecule has 1 N–H and O–H groups in total. The highest BCUT2D eigenvalue weighted by molar-refractivity contribution is 7.18. The van der Waals surface area contributed by atoms with E-state index >= 15 is 0 Å². The average molecular weight is 236 g/mol. The smallest absolute Gasteiger partial charge is 0.0963 e. The second-order valence-electron chi connectivity index (χ2n) is 4.03. The molecule has 0 amide bonds. The van der Waals surface area contributed by atoms with Crippen molar-refractivity contribution in [3.8, 4) is 0 Å². The quantitative estimate of drug-likeness (QED) is 0.828. The van der Waals surface area contributed by atoms with Crippen LogP contribution in [0.15, 0.2) is 18.2 Å². The Balaban J connectivity index is 2.30. The summed E-state index contributed by atoms with van der Waals surface area (Å²) in [5.74, 6) is 0.498. The summed E-state index contributed by atoms with van der Waals surface area (Å²) in [5.41, 5.74) is 5.15. The number of aromatic nitrogens is 1. The van der Waals surface area contributed by atoms with Gasteiger partial charge in [-0.1, -0.05) is 19.9 Å². The van der Waals surface area contributed by atoms with Crippen molar-refractivity contribution in [2.75, 3.05) is 7.11 Å². The van der Waals surface area contributed by atoms with Gasteiger partial charge in [-0.25, -0.2) is 4.98 Å². The number of nitrogens with zero attached hydrogens (tertiary/aromatic N) is 1. The summed E-state index contributed by atoms with van der Waals surface area (Å²) in [4.78, 5) is 9.44. The monoisotopic (exact) mass is 236 g/mol. The number of thiazole rings is 1.